The molecule has 2 fully saturated rings. The molecule has 9 nitrogen and oxygen atoms in total. The molecule has 2 saturated heterocycles. The summed E-state index contributed by atoms with van der Waals surface area (Å²) in [6.07, 6.45) is 2.01. The van der Waals surface area contributed by atoms with Crippen LogP contribution in [0.4, 0.5) is 4.79 Å². The van der Waals surface area contributed by atoms with Crippen LogP contribution in [0.25, 0.3) is 0 Å². The fourth-order valence-corrected chi connectivity index (χ4v) is 4.86. The Balaban J connectivity index is 1.19. The van der Waals surface area contributed by atoms with Gasteiger partial charge in [-0.3, -0.25) is 14.4 Å². The van der Waals surface area contributed by atoms with Gasteiger partial charge in [0.2, 0.25) is 17.7 Å². The number of ether oxygens (including phenoxy) is 1. The van der Waals surface area contributed by atoms with E-state index in [1.54, 1.807) is 4.90 Å². The molecule has 0 aromatic heterocycles. The average Bonchev–Trinajstić information content (AvgIpc) is 3.30. The van der Waals surface area contributed by atoms with E-state index in [0.29, 0.717) is 39.0 Å². The molecule has 2 heterocycles. The predicted octanol–water partition coefficient (Wildman–Crippen LogP) is 2.46. The van der Waals surface area contributed by atoms with E-state index >= 15 is 0 Å². The molecule has 1 unspecified atom stereocenters. The van der Waals surface area contributed by atoms with Gasteiger partial charge in [-0.25, -0.2) is 4.79 Å². The highest BCUT2D eigenvalue weighted by atomic mass is 16.5. The van der Waals surface area contributed by atoms with Crippen LogP contribution in [-0.2, 0) is 32.3 Å². The largest absolute Gasteiger partial charge is 0.445 e. The summed E-state index contributed by atoms with van der Waals surface area (Å²) >= 11 is 0. The second kappa shape index (κ2) is 12.9. The number of likely N-dealkylation sites (tertiary alicyclic amines) is 2. The molecule has 0 bridgehead atoms. The molecule has 0 radical (unpaired) electrons. The van der Waals surface area contributed by atoms with E-state index in [1.165, 1.54) is 0 Å². The zero-order valence-corrected chi connectivity index (χ0v) is 20.9. The number of nitrogens with one attached hydrogen (secondary N) is 2. The van der Waals surface area contributed by atoms with Crippen LogP contribution < -0.4 is 10.6 Å². The first-order chi connectivity index (χ1) is 18.0. The highest BCUT2D eigenvalue weighted by Crippen LogP contribution is 2.25. The number of hydrogen-bond acceptors (Lipinski definition) is 5. The van der Waals surface area contributed by atoms with Crippen LogP contribution >= 0.6 is 0 Å². The van der Waals surface area contributed by atoms with E-state index in [9.17, 15) is 19.2 Å². The molecule has 2 aliphatic heterocycles. The summed E-state index contributed by atoms with van der Waals surface area (Å²) in [5.74, 6) is -0.194. The molecule has 2 aromatic carbocycles. The predicted molar refractivity (Wildman–Crippen MR) is 137 cm³/mol. The number of nitrogens with zero attached hydrogens (tertiary/aromatic N) is 2. The van der Waals surface area contributed by atoms with Crippen molar-refractivity contribution in [3.05, 3.63) is 71.8 Å². The molecule has 4 amide bonds. The lowest BCUT2D eigenvalue weighted by Gasteiger charge is -2.36. The summed E-state index contributed by atoms with van der Waals surface area (Å²) in [5, 5.41) is 5.31. The summed E-state index contributed by atoms with van der Waals surface area (Å²) in [4.78, 5) is 53.5. The van der Waals surface area contributed by atoms with Crippen molar-refractivity contribution in [2.24, 2.45) is 5.92 Å². The fraction of sp³-hybridized carbons (Fsp3) is 0.429. The molecule has 196 valence electrons. The SMILES string of the molecule is O=C(CNC(=O)OCc1ccccc1)NCC1CCCN(C(=O)[C@@H]2CCC(=O)N2Cc2ccccc2)C1. The molecule has 0 spiro atoms. The third-order valence-electron chi connectivity index (χ3n) is 6.83. The lowest BCUT2D eigenvalue weighted by molar-refractivity contribution is -0.143. The van der Waals surface area contributed by atoms with Gasteiger partial charge < -0.3 is 25.2 Å². The van der Waals surface area contributed by atoms with Gasteiger partial charge in [-0.15, -0.1) is 0 Å². The van der Waals surface area contributed by atoms with Crippen molar-refractivity contribution < 1.29 is 23.9 Å². The molecule has 37 heavy (non-hydrogen) atoms. The van der Waals surface area contributed by atoms with Crippen molar-refractivity contribution in [2.45, 2.75) is 44.9 Å². The first kappa shape index (κ1) is 26.2. The highest BCUT2D eigenvalue weighted by molar-refractivity contribution is 5.91. The Kier molecular flexibility index (Phi) is 9.13. The van der Waals surface area contributed by atoms with Gasteiger partial charge in [-0.2, -0.15) is 0 Å². The standard InChI is InChI=1S/C28H34N4O5/c33-25(17-30-28(36)37-20-22-10-5-2-6-11-22)29-16-23-12-7-15-31(18-23)27(35)24-13-14-26(34)32(24)19-21-8-3-1-4-9-21/h1-6,8-11,23-24H,7,12-20H2,(H,29,33)(H,30,36)/t23?,24-/m0/s1. The van der Waals surface area contributed by atoms with Gasteiger partial charge in [0.1, 0.15) is 12.6 Å². The number of benzene rings is 2. The van der Waals surface area contributed by atoms with Gasteiger partial charge >= 0.3 is 6.09 Å². The van der Waals surface area contributed by atoms with Gasteiger partial charge in [0, 0.05) is 32.6 Å². The Morgan fingerprint density at radius 2 is 1.62 bits per heavy atom. The molecule has 2 aliphatic rings. The van der Waals surface area contributed by atoms with Gasteiger partial charge in [-0.1, -0.05) is 60.7 Å². The fourth-order valence-electron chi connectivity index (χ4n) is 4.86. The monoisotopic (exact) mass is 506 g/mol. The molecule has 2 aromatic rings. The summed E-state index contributed by atoms with van der Waals surface area (Å²) in [5.41, 5.74) is 1.87. The molecule has 2 N–H and O–H groups in total. The van der Waals surface area contributed by atoms with Crippen molar-refractivity contribution in [1.29, 1.82) is 0 Å². The third kappa shape index (κ3) is 7.55. The van der Waals surface area contributed by atoms with E-state index in [-0.39, 0.29) is 36.8 Å². The summed E-state index contributed by atoms with van der Waals surface area (Å²) < 4.78 is 5.11. The summed E-state index contributed by atoms with van der Waals surface area (Å²) in [7, 11) is 0. The molecule has 0 saturated carbocycles. The van der Waals surface area contributed by atoms with Crippen LogP contribution in [0.1, 0.15) is 36.8 Å². The van der Waals surface area contributed by atoms with Crippen LogP contribution in [0.3, 0.4) is 0 Å². The maximum absolute atomic E-state index is 13.4. The summed E-state index contributed by atoms with van der Waals surface area (Å²) in [6, 6.07) is 18.6. The molecular weight excluding hydrogens is 472 g/mol. The van der Waals surface area contributed by atoms with E-state index in [0.717, 1.165) is 24.0 Å². The van der Waals surface area contributed by atoms with Crippen LogP contribution in [0.15, 0.2) is 60.7 Å². The van der Waals surface area contributed by atoms with Crippen LogP contribution in [0, 0.1) is 5.92 Å². The first-order valence-electron chi connectivity index (χ1n) is 12.8. The minimum atomic E-state index is -0.653. The topological polar surface area (TPSA) is 108 Å². The van der Waals surface area contributed by atoms with Crippen molar-refractivity contribution in [3.63, 3.8) is 0 Å². The maximum atomic E-state index is 13.4. The number of piperidine rings is 1. The number of carbonyl (C=O) groups excluding carboxylic acids is 4. The van der Waals surface area contributed by atoms with Gasteiger partial charge in [0.05, 0.1) is 6.54 Å². The van der Waals surface area contributed by atoms with E-state index in [4.69, 9.17) is 4.74 Å². The minimum absolute atomic E-state index is 0.0119. The molecular formula is C28H34N4O5. The van der Waals surface area contributed by atoms with Crippen molar-refractivity contribution >= 4 is 23.8 Å². The molecule has 9 heteroatoms. The smallest absolute Gasteiger partial charge is 0.407 e. The highest BCUT2D eigenvalue weighted by Gasteiger charge is 2.39. The van der Waals surface area contributed by atoms with Gasteiger partial charge in [-0.05, 0) is 36.3 Å². The quantitative estimate of drug-likeness (QED) is 0.543. The maximum Gasteiger partial charge on any atom is 0.407 e. The van der Waals surface area contributed by atoms with Crippen LogP contribution in [-0.4, -0.2) is 65.8 Å². The van der Waals surface area contributed by atoms with Gasteiger partial charge in [0.25, 0.3) is 0 Å². The molecule has 0 aliphatic carbocycles. The van der Waals surface area contributed by atoms with Crippen LogP contribution in [0.5, 0.6) is 0 Å². The van der Waals surface area contributed by atoms with Crippen molar-refractivity contribution in [3.8, 4) is 0 Å². The second-order valence-electron chi connectivity index (χ2n) is 9.57. The third-order valence-corrected chi connectivity index (χ3v) is 6.83. The lowest BCUT2D eigenvalue weighted by atomic mass is 9.97. The zero-order chi connectivity index (χ0) is 26.0. The summed E-state index contributed by atoms with van der Waals surface area (Å²) in [6.45, 7) is 2.00. The lowest BCUT2D eigenvalue weighted by Crippen LogP contribution is -2.51. The number of carbonyl (C=O) groups is 4. The van der Waals surface area contributed by atoms with Crippen LogP contribution in [0.2, 0.25) is 0 Å². The Morgan fingerprint density at radius 1 is 0.919 bits per heavy atom. The minimum Gasteiger partial charge on any atom is -0.445 e. The van der Waals surface area contributed by atoms with E-state index in [2.05, 4.69) is 10.6 Å². The van der Waals surface area contributed by atoms with E-state index < -0.39 is 12.1 Å². The average molecular weight is 507 g/mol. The Bertz CT molecular complexity index is 1080. The molecule has 2 atom stereocenters. The first-order valence-corrected chi connectivity index (χ1v) is 12.8. The zero-order valence-electron chi connectivity index (χ0n) is 20.9. The molecule has 4 rings (SSSR count). The van der Waals surface area contributed by atoms with Crippen molar-refractivity contribution in [1.82, 2.24) is 20.4 Å². The van der Waals surface area contributed by atoms with E-state index in [1.807, 2.05) is 65.6 Å². The number of alkyl carbamates (subject to hydrolysis) is 1. The second-order valence-corrected chi connectivity index (χ2v) is 9.57. The number of hydrogen-bond donors (Lipinski definition) is 2. The Labute approximate surface area is 217 Å². The van der Waals surface area contributed by atoms with Gasteiger partial charge in [0.15, 0.2) is 0 Å². The van der Waals surface area contributed by atoms with Crippen molar-refractivity contribution in [2.75, 3.05) is 26.2 Å². The Morgan fingerprint density at radius 3 is 2.35 bits per heavy atom. The normalized spacial score (nSPS) is 19.4. The number of rotatable bonds is 9. The number of amides is 4. The Hall–Kier alpha value is -3.88.